The van der Waals surface area contributed by atoms with Crippen molar-refractivity contribution in [1.82, 2.24) is 5.32 Å². The lowest BCUT2D eigenvalue weighted by Crippen LogP contribution is -2.44. The number of nitrogens with one attached hydrogen (secondary N) is 1. The zero-order chi connectivity index (χ0) is 16.0. The third-order valence-electron chi connectivity index (χ3n) is 3.66. The summed E-state index contributed by atoms with van der Waals surface area (Å²) in [5.74, 6) is -1.52. The Kier molecular flexibility index (Phi) is 6.37. The Morgan fingerprint density at radius 3 is 2.24 bits per heavy atom. The number of carboxylic acid groups (broad SMARTS) is 1. The van der Waals surface area contributed by atoms with Gasteiger partial charge in [-0.25, -0.2) is 0 Å². The lowest BCUT2D eigenvalue weighted by Gasteiger charge is -2.25. The second-order valence-corrected chi connectivity index (χ2v) is 5.68. The van der Waals surface area contributed by atoms with Crippen LogP contribution in [-0.2, 0) is 9.59 Å². The molecule has 1 rings (SSSR count). The summed E-state index contributed by atoms with van der Waals surface area (Å²) in [4.78, 5) is 23.1. The van der Waals surface area contributed by atoms with Crippen molar-refractivity contribution in [2.75, 3.05) is 0 Å². The van der Waals surface area contributed by atoms with E-state index in [2.05, 4.69) is 5.32 Å². The van der Waals surface area contributed by atoms with Crippen molar-refractivity contribution in [3.05, 3.63) is 35.9 Å². The molecule has 0 radical (unpaired) electrons. The number of amides is 1. The van der Waals surface area contributed by atoms with Crippen LogP contribution in [0.3, 0.4) is 0 Å². The van der Waals surface area contributed by atoms with Crippen LogP contribution in [0.1, 0.15) is 38.8 Å². The van der Waals surface area contributed by atoms with E-state index in [9.17, 15) is 9.59 Å². The maximum atomic E-state index is 12.3. The zero-order valence-corrected chi connectivity index (χ0v) is 12.7. The number of aliphatic carboxylic acids is 1. The number of carbonyl (C=O) groups excluding carboxylic acids is 1. The van der Waals surface area contributed by atoms with Crippen LogP contribution in [0, 0.1) is 11.8 Å². The van der Waals surface area contributed by atoms with Gasteiger partial charge >= 0.3 is 5.97 Å². The molecule has 0 bridgehead atoms. The third-order valence-corrected chi connectivity index (χ3v) is 3.66. The van der Waals surface area contributed by atoms with Crippen molar-refractivity contribution in [3.8, 4) is 0 Å². The summed E-state index contributed by atoms with van der Waals surface area (Å²) in [6.07, 6.45) is -0.0866. The molecule has 3 unspecified atom stereocenters. The molecule has 0 saturated heterocycles. The normalized spacial score (nSPS) is 15.3. The molecule has 0 aliphatic carbocycles. The Labute approximate surface area is 125 Å². The van der Waals surface area contributed by atoms with E-state index in [1.165, 1.54) is 0 Å². The second kappa shape index (κ2) is 7.78. The van der Waals surface area contributed by atoms with Gasteiger partial charge in [0.25, 0.3) is 0 Å². The fourth-order valence-corrected chi connectivity index (χ4v) is 2.08. The molecule has 0 spiro atoms. The molecule has 0 aromatic heterocycles. The van der Waals surface area contributed by atoms with Crippen LogP contribution >= 0.6 is 0 Å². The topological polar surface area (TPSA) is 92.4 Å². The summed E-state index contributed by atoms with van der Waals surface area (Å²) in [5.41, 5.74) is 7.00. The second-order valence-electron chi connectivity index (χ2n) is 5.68. The molecule has 0 aliphatic rings. The first kappa shape index (κ1) is 17.2. The first-order valence-corrected chi connectivity index (χ1v) is 7.15. The molecule has 5 heteroatoms. The molecule has 1 aromatic carbocycles. The third kappa shape index (κ3) is 5.19. The molecule has 116 valence electrons. The highest BCUT2D eigenvalue weighted by atomic mass is 16.4. The number of nitrogens with two attached hydrogens (primary N) is 1. The summed E-state index contributed by atoms with van der Waals surface area (Å²) >= 11 is 0. The highest BCUT2D eigenvalue weighted by Crippen LogP contribution is 2.20. The molecule has 1 amide bonds. The number of carboxylic acids is 1. The van der Waals surface area contributed by atoms with Crippen LogP contribution < -0.4 is 11.1 Å². The summed E-state index contributed by atoms with van der Waals surface area (Å²) < 4.78 is 0. The summed E-state index contributed by atoms with van der Waals surface area (Å²) in [6.45, 7) is 5.52. The quantitative estimate of drug-likeness (QED) is 0.716. The van der Waals surface area contributed by atoms with E-state index in [4.69, 9.17) is 10.8 Å². The Balaban J connectivity index is 2.71. The molecule has 0 aliphatic heterocycles. The Hall–Kier alpha value is -1.88. The van der Waals surface area contributed by atoms with Gasteiger partial charge in [-0.3, -0.25) is 9.59 Å². The van der Waals surface area contributed by atoms with Gasteiger partial charge < -0.3 is 16.2 Å². The average molecular weight is 292 g/mol. The first-order chi connectivity index (χ1) is 9.82. The minimum atomic E-state index is -0.922. The van der Waals surface area contributed by atoms with Gasteiger partial charge in [0.1, 0.15) is 0 Å². The van der Waals surface area contributed by atoms with Gasteiger partial charge in [0.15, 0.2) is 0 Å². The number of hydrogen-bond donors (Lipinski definition) is 3. The first-order valence-electron chi connectivity index (χ1n) is 7.15. The van der Waals surface area contributed by atoms with Gasteiger partial charge in [0.05, 0.1) is 12.3 Å². The average Bonchev–Trinajstić information content (AvgIpc) is 2.45. The van der Waals surface area contributed by atoms with Gasteiger partial charge in [-0.05, 0) is 11.5 Å². The summed E-state index contributed by atoms with van der Waals surface area (Å²) in [6, 6.07) is 8.60. The van der Waals surface area contributed by atoms with Crippen LogP contribution in [0.4, 0.5) is 0 Å². The number of benzene rings is 1. The lowest BCUT2D eigenvalue weighted by molar-refractivity contribution is -0.138. The van der Waals surface area contributed by atoms with Crippen LogP contribution in [0.15, 0.2) is 30.3 Å². The Bertz CT molecular complexity index is 474. The van der Waals surface area contributed by atoms with Gasteiger partial charge in [-0.1, -0.05) is 51.1 Å². The Morgan fingerprint density at radius 2 is 1.76 bits per heavy atom. The molecule has 1 aromatic rings. The summed E-state index contributed by atoms with van der Waals surface area (Å²) in [5, 5.41) is 11.7. The highest BCUT2D eigenvalue weighted by Gasteiger charge is 2.26. The molecule has 3 atom stereocenters. The molecule has 5 nitrogen and oxygen atoms in total. The molecular weight excluding hydrogens is 268 g/mol. The van der Waals surface area contributed by atoms with E-state index < -0.39 is 17.9 Å². The van der Waals surface area contributed by atoms with Gasteiger partial charge in [0, 0.05) is 12.1 Å². The number of hydrogen-bond acceptors (Lipinski definition) is 3. The standard InChI is InChI=1S/C16H24N2O3/c1-10(2)13(9-14(19)20)18-16(21)11(3)15(17)12-7-5-4-6-8-12/h4-8,10-11,13,15H,9,17H2,1-3H3,(H,18,21)(H,19,20). The number of carbonyl (C=O) groups is 2. The van der Waals surface area contributed by atoms with Crippen LogP contribution in [0.2, 0.25) is 0 Å². The van der Waals surface area contributed by atoms with Crippen molar-refractivity contribution in [3.63, 3.8) is 0 Å². The van der Waals surface area contributed by atoms with Crippen molar-refractivity contribution in [2.24, 2.45) is 17.6 Å². The lowest BCUT2D eigenvalue weighted by atomic mass is 9.93. The summed E-state index contributed by atoms with van der Waals surface area (Å²) in [7, 11) is 0. The van der Waals surface area contributed by atoms with Crippen LogP contribution in [-0.4, -0.2) is 23.0 Å². The van der Waals surface area contributed by atoms with Crippen molar-refractivity contribution < 1.29 is 14.7 Å². The van der Waals surface area contributed by atoms with Crippen LogP contribution in [0.25, 0.3) is 0 Å². The van der Waals surface area contributed by atoms with Crippen molar-refractivity contribution in [2.45, 2.75) is 39.3 Å². The van der Waals surface area contributed by atoms with Crippen LogP contribution in [0.5, 0.6) is 0 Å². The van der Waals surface area contributed by atoms with E-state index in [0.717, 1.165) is 5.56 Å². The van der Waals surface area contributed by atoms with Crippen molar-refractivity contribution in [1.29, 1.82) is 0 Å². The highest BCUT2D eigenvalue weighted by molar-refractivity contribution is 5.80. The maximum absolute atomic E-state index is 12.3. The fraction of sp³-hybridized carbons (Fsp3) is 0.500. The predicted octanol–water partition coefficient (Wildman–Crippen LogP) is 1.94. The maximum Gasteiger partial charge on any atom is 0.305 e. The van der Waals surface area contributed by atoms with Crippen molar-refractivity contribution >= 4 is 11.9 Å². The molecular formula is C16H24N2O3. The van der Waals surface area contributed by atoms with E-state index in [0.29, 0.717) is 0 Å². The molecule has 0 heterocycles. The largest absolute Gasteiger partial charge is 0.481 e. The van der Waals surface area contributed by atoms with Gasteiger partial charge in [0.2, 0.25) is 5.91 Å². The van der Waals surface area contributed by atoms with E-state index in [-0.39, 0.29) is 24.3 Å². The Morgan fingerprint density at radius 1 is 1.19 bits per heavy atom. The molecule has 0 fully saturated rings. The monoisotopic (exact) mass is 292 g/mol. The van der Waals surface area contributed by atoms with Gasteiger partial charge in [-0.15, -0.1) is 0 Å². The smallest absolute Gasteiger partial charge is 0.305 e. The number of rotatable bonds is 7. The SMILES string of the molecule is CC(C)C(CC(=O)O)NC(=O)C(C)C(N)c1ccccc1. The van der Waals surface area contributed by atoms with E-state index in [1.54, 1.807) is 6.92 Å². The molecule has 21 heavy (non-hydrogen) atoms. The zero-order valence-electron chi connectivity index (χ0n) is 12.7. The van der Waals surface area contributed by atoms with Gasteiger partial charge in [-0.2, -0.15) is 0 Å². The fourth-order valence-electron chi connectivity index (χ4n) is 2.08. The van der Waals surface area contributed by atoms with E-state index in [1.807, 2.05) is 44.2 Å². The molecule has 4 N–H and O–H groups in total. The molecule has 0 saturated carbocycles. The van der Waals surface area contributed by atoms with E-state index >= 15 is 0 Å². The minimum absolute atomic E-state index is 0.0465. The minimum Gasteiger partial charge on any atom is -0.481 e. The predicted molar refractivity (Wildman–Crippen MR) is 81.6 cm³/mol.